The van der Waals surface area contributed by atoms with Gasteiger partial charge in [-0.2, -0.15) is 0 Å². The number of hydrogen-bond donors (Lipinski definition) is 1. The van der Waals surface area contributed by atoms with Crippen LogP contribution in [0.25, 0.3) is 0 Å². The largest absolute Gasteiger partial charge is 0.376 e. The molecule has 2 aliphatic rings. The summed E-state index contributed by atoms with van der Waals surface area (Å²) in [6, 6.07) is 10.2. The molecule has 23 heavy (non-hydrogen) atoms. The molecule has 5 heteroatoms. The monoisotopic (exact) mass is 338 g/mol. The number of nitrogens with one attached hydrogen (secondary N) is 1. The predicted molar refractivity (Wildman–Crippen MR) is 93.6 cm³/mol. The summed E-state index contributed by atoms with van der Waals surface area (Å²) in [5, 5.41) is 3.28. The van der Waals surface area contributed by atoms with E-state index in [-0.39, 0.29) is 18.3 Å². The van der Waals surface area contributed by atoms with Gasteiger partial charge in [-0.1, -0.05) is 30.3 Å². The van der Waals surface area contributed by atoms with Crippen molar-refractivity contribution in [1.82, 2.24) is 10.2 Å². The van der Waals surface area contributed by atoms with Gasteiger partial charge in [0.1, 0.15) is 0 Å². The summed E-state index contributed by atoms with van der Waals surface area (Å²) in [6.45, 7) is 4.63. The topological polar surface area (TPSA) is 41.6 Å². The van der Waals surface area contributed by atoms with Crippen LogP contribution in [0.15, 0.2) is 30.3 Å². The van der Waals surface area contributed by atoms with E-state index >= 15 is 0 Å². The van der Waals surface area contributed by atoms with Crippen molar-refractivity contribution in [1.29, 1.82) is 0 Å². The van der Waals surface area contributed by atoms with Gasteiger partial charge in [-0.15, -0.1) is 12.4 Å². The lowest BCUT2D eigenvalue weighted by atomic mass is 10.1. The summed E-state index contributed by atoms with van der Waals surface area (Å²) in [6.07, 6.45) is 3.71. The molecule has 0 bridgehead atoms. The highest BCUT2D eigenvalue weighted by Crippen LogP contribution is 2.27. The van der Waals surface area contributed by atoms with Crippen molar-refractivity contribution in [2.45, 2.75) is 25.9 Å². The van der Waals surface area contributed by atoms with Gasteiger partial charge in [0.05, 0.1) is 19.8 Å². The minimum atomic E-state index is 0. The first-order valence-corrected chi connectivity index (χ1v) is 8.41. The lowest BCUT2D eigenvalue weighted by molar-refractivity contribution is -0.129. The molecule has 0 aromatic heterocycles. The van der Waals surface area contributed by atoms with Crippen molar-refractivity contribution in [3.8, 4) is 0 Å². The van der Waals surface area contributed by atoms with Crippen LogP contribution in [-0.2, 0) is 16.1 Å². The molecule has 1 aliphatic carbocycles. The molecule has 1 unspecified atom stereocenters. The molecule has 1 amide bonds. The fourth-order valence-electron chi connectivity index (χ4n) is 2.93. The van der Waals surface area contributed by atoms with E-state index in [2.05, 4.69) is 17.4 Å². The zero-order chi connectivity index (χ0) is 15.2. The van der Waals surface area contributed by atoms with Crippen LogP contribution in [0.4, 0.5) is 0 Å². The Morgan fingerprint density at radius 1 is 1.17 bits per heavy atom. The van der Waals surface area contributed by atoms with Crippen molar-refractivity contribution in [2.24, 2.45) is 11.8 Å². The summed E-state index contributed by atoms with van der Waals surface area (Å²) in [5.74, 6) is 1.55. The Balaban J connectivity index is 0.00000192. The average molecular weight is 339 g/mol. The fraction of sp³-hybridized carbons (Fsp3) is 0.611. The summed E-state index contributed by atoms with van der Waals surface area (Å²) in [4.78, 5) is 14.1. The summed E-state index contributed by atoms with van der Waals surface area (Å²) in [5.41, 5.74) is 1.21. The molecule has 1 aromatic rings. The van der Waals surface area contributed by atoms with Crippen LogP contribution in [-0.4, -0.2) is 43.6 Å². The Morgan fingerprint density at radius 3 is 2.70 bits per heavy atom. The number of carbonyl (C=O) groups excluding carboxylic acids is 1. The maximum atomic E-state index is 12.1. The number of rotatable bonds is 8. The third-order valence-corrected chi connectivity index (χ3v) is 4.51. The first-order chi connectivity index (χ1) is 10.8. The molecule has 1 saturated carbocycles. The molecule has 0 spiro atoms. The van der Waals surface area contributed by atoms with Crippen molar-refractivity contribution in [2.75, 3.05) is 32.8 Å². The van der Waals surface area contributed by atoms with Crippen molar-refractivity contribution in [3.05, 3.63) is 35.9 Å². The number of benzene rings is 1. The van der Waals surface area contributed by atoms with Gasteiger partial charge in [0.25, 0.3) is 0 Å². The Morgan fingerprint density at radius 2 is 1.96 bits per heavy atom. The third-order valence-electron chi connectivity index (χ3n) is 4.51. The second kappa shape index (κ2) is 9.26. The third kappa shape index (κ3) is 6.13. The average Bonchev–Trinajstić information content (AvgIpc) is 3.24. The quantitative estimate of drug-likeness (QED) is 0.791. The number of hydrogen-bond acceptors (Lipinski definition) is 3. The molecule has 1 aliphatic heterocycles. The van der Waals surface area contributed by atoms with Gasteiger partial charge in [-0.25, -0.2) is 0 Å². The van der Waals surface area contributed by atoms with E-state index in [1.54, 1.807) is 0 Å². The molecule has 128 valence electrons. The van der Waals surface area contributed by atoms with Gasteiger partial charge in [0, 0.05) is 19.0 Å². The summed E-state index contributed by atoms with van der Waals surface area (Å²) < 4.78 is 5.80. The number of halogens is 1. The molecule has 1 atom stereocenters. The van der Waals surface area contributed by atoms with E-state index < -0.39 is 0 Å². The smallest absolute Gasteiger partial charge is 0.236 e. The van der Waals surface area contributed by atoms with Crippen LogP contribution in [0.5, 0.6) is 0 Å². The molecule has 4 nitrogen and oxygen atoms in total. The Labute approximate surface area is 145 Å². The van der Waals surface area contributed by atoms with Crippen LogP contribution >= 0.6 is 12.4 Å². The number of ether oxygens (including phenoxy) is 1. The van der Waals surface area contributed by atoms with Gasteiger partial charge < -0.3 is 15.0 Å². The second-order valence-corrected chi connectivity index (χ2v) is 6.57. The van der Waals surface area contributed by atoms with E-state index in [1.807, 2.05) is 23.1 Å². The van der Waals surface area contributed by atoms with E-state index in [4.69, 9.17) is 4.74 Å². The van der Waals surface area contributed by atoms with E-state index in [9.17, 15) is 4.79 Å². The minimum Gasteiger partial charge on any atom is -0.376 e. The van der Waals surface area contributed by atoms with Gasteiger partial charge >= 0.3 is 0 Å². The van der Waals surface area contributed by atoms with Crippen molar-refractivity contribution in [3.63, 3.8) is 0 Å². The molecule has 1 aromatic carbocycles. The standard InChI is InChI=1S/C18H26N2O2.ClH/c21-18(11-19-10-15-6-7-15)20-9-8-17(12-20)14-22-13-16-4-2-1-3-5-16;/h1-5,15,17,19H,6-14H2;1H. The first-order valence-electron chi connectivity index (χ1n) is 8.41. The predicted octanol–water partition coefficient (Wildman–Crippen LogP) is 2.47. The van der Waals surface area contributed by atoms with Crippen LogP contribution in [0.2, 0.25) is 0 Å². The lowest BCUT2D eigenvalue weighted by Crippen LogP contribution is -2.37. The minimum absolute atomic E-state index is 0. The second-order valence-electron chi connectivity index (χ2n) is 6.57. The summed E-state index contributed by atoms with van der Waals surface area (Å²) >= 11 is 0. The van der Waals surface area contributed by atoms with Gasteiger partial charge in [-0.3, -0.25) is 4.79 Å². The molecule has 3 rings (SSSR count). The van der Waals surface area contributed by atoms with Crippen molar-refractivity contribution >= 4 is 18.3 Å². The number of nitrogens with zero attached hydrogens (tertiary/aromatic N) is 1. The normalized spacial score (nSPS) is 20.3. The lowest BCUT2D eigenvalue weighted by Gasteiger charge is -2.17. The molecule has 0 radical (unpaired) electrons. The molecular formula is C18H27ClN2O2. The zero-order valence-corrected chi connectivity index (χ0v) is 14.4. The van der Waals surface area contributed by atoms with Crippen molar-refractivity contribution < 1.29 is 9.53 Å². The number of likely N-dealkylation sites (tertiary alicyclic amines) is 1. The Kier molecular flexibility index (Phi) is 7.34. The maximum Gasteiger partial charge on any atom is 0.236 e. The highest BCUT2D eigenvalue weighted by Gasteiger charge is 2.26. The molecule has 1 heterocycles. The number of carbonyl (C=O) groups is 1. The van der Waals surface area contributed by atoms with Gasteiger partial charge in [0.15, 0.2) is 0 Å². The zero-order valence-electron chi connectivity index (χ0n) is 13.6. The van der Waals surface area contributed by atoms with Crippen LogP contribution in [0.3, 0.4) is 0 Å². The van der Waals surface area contributed by atoms with E-state index in [0.717, 1.165) is 38.6 Å². The fourth-order valence-corrected chi connectivity index (χ4v) is 2.93. The van der Waals surface area contributed by atoms with Gasteiger partial charge in [-0.05, 0) is 37.3 Å². The molecule has 1 saturated heterocycles. The van der Waals surface area contributed by atoms with Crippen LogP contribution in [0, 0.1) is 11.8 Å². The maximum absolute atomic E-state index is 12.1. The molecule has 1 N–H and O–H groups in total. The van der Waals surface area contributed by atoms with E-state index in [1.165, 1.54) is 18.4 Å². The Bertz CT molecular complexity index is 479. The highest BCUT2D eigenvalue weighted by molar-refractivity contribution is 5.85. The number of amides is 1. The SMILES string of the molecule is Cl.O=C(CNCC1CC1)N1CCC(COCc2ccccc2)C1. The summed E-state index contributed by atoms with van der Waals surface area (Å²) in [7, 11) is 0. The molecule has 2 fully saturated rings. The van der Waals surface area contributed by atoms with Gasteiger partial charge in [0.2, 0.25) is 5.91 Å². The Hall–Kier alpha value is -1.10. The highest BCUT2D eigenvalue weighted by atomic mass is 35.5. The first kappa shape index (κ1) is 18.2. The van der Waals surface area contributed by atoms with E-state index in [0.29, 0.717) is 19.1 Å². The van der Waals surface area contributed by atoms with Crippen LogP contribution < -0.4 is 5.32 Å². The van der Waals surface area contributed by atoms with Crippen LogP contribution in [0.1, 0.15) is 24.8 Å². The molecular weight excluding hydrogens is 312 g/mol.